The Bertz CT molecular complexity index is 230. The highest BCUT2D eigenvalue weighted by Crippen LogP contribution is 2.24. The summed E-state index contributed by atoms with van der Waals surface area (Å²) in [6.07, 6.45) is 7.18. The molecular weight excluding hydrogens is 220 g/mol. The first-order chi connectivity index (χ1) is 8.36. The molecule has 2 aliphatic rings. The highest BCUT2D eigenvalue weighted by atomic mass is 16.7. The van der Waals surface area contributed by atoms with Crippen LogP contribution in [0.3, 0.4) is 0 Å². The van der Waals surface area contributed by atoms with Crippen LogP contribution in [0.15, 0.2) is 0 Å². The Morgan fingerprint density at radius 3 is 2.53 bits per heavy atom. The van der Waals surface area contributed by atoms with Crippen molar-refractivity contribution in [1.82, 2.24) is 0 Å². The van der Waals surface area contributed by atoms with Crippen molar-refractivity contribution in [1.29, 1.82) is 0 Å². The second kappa shape index (κ2) is 6.97. The summed E-state index contributed by atoms with van der Waals surface area (Å²) >= 11 is 0. The smallest absolute Gasteiger partial charge is 0.308 e. The van der Waals surface area contributed by atoms with Crippen molar-refractivity contribution in [3.05, 3.63) is 0 Å². The van der Waals surface area contributed by atoms with Crippen molar-refractivity contribution in [2.24, 2.45) is 5.92 Å². The van der Waals surface area contributed by atoms with E-state index in [-0.39, 0.29) is 18.2 Å². The van der Waals surface area contributed by atoms with Gasteiger partial charge in [0.25, 0.3) is 0 Å². The van der Waals surface area contributed by atoms with Crippen LogP contribution in [0.5, 0.6) is 0 Å². The molecule has 98 valence electrons. The van der Waals surface area contributed by atoms with Crippen LogP contribution in [0.25, 0.3) is 0 Å². The van der Waals surface area contributed by atoms with Crippen LogP contribution in [0, 0.1) is 5.92 Å². The first kappa shape index (κ1) is 12.8. The average molecular weight is 242 g/mol. The predicted molar refractivity (Wildman–Crippen MR) is 62.5 cm³/mol. The van der Waals surface area contributed by atoms with Gasteiger partial charge < -0.3 is 14.2 Å². The molecule has 4 heteroatoms. The average Bonchev–Trinajstić information content (AvgIpc) is 2.88. The maximum Gasteiger partial charge on any atom is 0.308 e. The fourth-order valence-electron chi connectivity index (χ4n) is 2.45. The van der Waals surface area contributed by atoms with Crippen molar-refractivity contribution >= 4 is 5.97 Å². The maximum atomic E-state index is 11.7. The van der Waals surface area contributed by atoms with E-state index in [1.807, 2.05) is 0 Å². The van der Waals surface area contributed by atoms with Gasteiger partial charge in [-0.3, -0.25) is 4.79 Å². The minimum atomic E-state index is -0.0802. The predicted octanol–water partition coefficient (Wildman–Crippen LogP) is 2.26. The summed E-state index contributed by atoms with van der Waals surface area (Å²) in [7, 11) is 0. The normalized spacial score (nSPS) is 22.8. The molecule has 0 amide bonds. The van der Waals surface area contributed by atoms with Gasteiger partial charge in [-0.15, -0.1) is 0 Å². The number of carbonyl (C=O) groups is 1. The van der Waals surface area contributed by atoms with Gasteiger partial charge in [-0.25, -0.2) is 0 Å². The van der Waals surface area contributed by atoms with Gasteiger partial charge in [-0.2, -0.15) is 0 Å². The minimum absolute atomic E-state index is 0.00189. The number of carbonyl (C=O) groups excluding carboxylic acids is 1. The van der Waals surface area contributed by atoms with E-state index >= 15 is 0 Å². The Balaban J connectivity index is 1.53. The SMILES string of the molecule is O=C(OCCCC1OCCO1)C1CCCCC1. The molecule has 0 aromatic carbocycles. The van der Waals surface area contributed by atoms with E-state index in [1.54, 1.807) is 0 Å². The lowest BCUT2D eigenvalue weighted by Crippen LogP contribution is -2.21. The molecular formula is C13H22O4. The summed E-state index contributed by atoms with van der Waals surface area (Å²) in [5, 5.41) is 0. The molecule has 1 aliphatic carbocycles. The Morgan fingerprint density at radius 1 is 1.12 bits per heavy atom. The fourth-order valence-corrected chi connectivity index (χ4v) is 2.45. The maximum absolute atomic E-state index is 11.7. The molecule has 4 nitrogen and oxygen atoms in total. The zero-order valence-corrected chi connectivity index (χ0v) is 10.4. The van der Waals surface area contributed by atoms with Crippen LogP contribution in [0.1, 0.15) is 44.9 Å². The topological polar surface area (TPSA) is 44.8 Å². The summed E-state index contributed by atoms with van der Waals surface area (Å²) in [5.41, 5.74) is 0. The summed E-state index contributed by atoms with van der Waals surface area (Å²) in [4.78, 5) is 11.7. The van der Waals surface area contributed by atoms with Crippen LogP contribution in [-0.4, -0.2) is 32.1 Å². The zero-order chi connectivity index (χ0) is 11.9. The Labute approximate surface area is 103 Å². The van der Waals surface area contributed by atoms with Gasteiger partial charge >= 0.3 is 5.97 Å². The highest BCUT2D eigenvalue weighted by molar-refractivity contribution is 5.72. The van der Waals surface area contributed by atoms with Crippen molar-refractivity contribution in [3.63, 3.8) is 0 Å². The summed E-state index contributed by atoms with van der Waals surface area (Å²) in [6, 6.07) is 0. The van der Waals surface area contributed by atoms with Crippen LogP contribution in [0.2, 0.25) is 0 Å². The van der Waals surface area contributed by atoms with Crippen molar-refractivity contribution in [2.45, 2.75) is 51.2 Å². The lowest BCUT2D eigenvalue weighted by molar-refractivity contribution is -0.150. The van der Waals surface area contributed by atoms with Crippen LogP contribution < -0.4 is 0 Å². The van der Waals surface area contributed by atoms with E-state index in [9.17, 15) is 4.79 Å². The molecule has 0 spiro atoms. The quantitative estimate of drug-likeness (QED) is 0.548. The number of ether oxygens (including phenoxy) is 3. The highest BCUT2D eigenvalue weighted by Gasteiger charge is 2.22. The Hall–Kier alpha value is -0.610. The van der Waals surface area contributed by atoms with Crippen LogP contribution in [0.4, 0.5) is 0 Å². The van der Waals surface area contributed by atoms with Gasteiger partial charge in [0.2, 0.25) is 0 Å². The number of hydrogen-bond acceptors (Lipinski definition) is 4. The van der Waals surface area contributed by atoms with E-state index in [1.165, 1.54) is 19.3 Å². The molecule has 2 fully saturated rings. The van der Waals surface area contributed by atoms with Crippen molar-refractivity contribution < 1.29 is 19.0 Å². The van der Waals surface area contributed by atoms with E-state index in [0.29, 0.717) is 19.8 Å². The third-order valence-electron chi connectivity index (χ3n) is 3.46. The van der Waals surface area contributed by atoms with Gasteiger partial charge in [0.15, 0.2) is 6.29 Å². The second-order valence-electron chi connectivity index (χ2n) is 4.82. The molecule has 0 radical (unpaired) electrons. The number of esters is 1. The van der Waals surface area contributed by atoms with Gasteiger partial charge in [0.05, 0.1) is 25.7 Å². The lowest BCUT2D eigenvalue weighted by Gasteiger charge is -2.20. The molecule has 17 heavy (non-hydrogen) atoms. The van der Waals surface area contributed by atoms with Crippen molar-refractivity contribution in [3.8, 4) is 0 Å². The third-order valence-corrected chi connectivity index (χ3v) is 3.46. The number of rotatable bonds is 5. The van der Waals surface area contributed by atoms with Crippen molar-refractivity contribution in [2.75, 3.05) is 19.8 Å². The molecule has 0 unspecified atom stereocenters. The van der Waals surface area contributed by atoms with Crippen LogP contribution >= 0.6 is 0 Å². The van der Waals surface area contributed by atoms with Gasteiger partial charge in [0.1, 0.15) is 0 Å². The fraction of sp³-hybridized carbons (Fsp3) is 0.923. The largest absolute Gasteiger partial charge is 0.465 e. The zero-order valence-electron chi connectivity index (χ0n) is 10.4. The summed E-state index contributed by atoms with van der Waals surface area (Å²) < 4.78 is 15.9. The molecule has 0 bridgehead atoms. The first-order valence-corrected chi connectivity index (χ1v) is 6.76. The summed E-state index contributed by atoms with van der Waals surface area (Å²) in [6.45, 7) is 1.87. The van der Waals surface area contributed by atoms with Gasteiger partial charge in [0, 0.05) is 6.42 Å². The second-order valence-corrected chi connectivity index (χ2v) is 4.82. The third kappa shape index (κ3) is 4.28. The Morgan fingerprint density at radius 2 is 1.82 bits per heavy atom. The molecule has 0 aromatic rings. The lowest BCUT2D eigenvalue weighted by atomic mass is 9.89. The van der Waals surface area contributed by atoms with Gasteiger partial charge in [-0.1, -0.05) is 19.3 Å². The minimum Gasteiger partial charge on any atom is -0.465 e. The first-order valence-electron chi connectivity index (χ1n) is 6.76. The van der Waals surface area contributed by atoms with E-state index in [0.717, 1.165) is 25.7 Å². The molecule has 2 rings (SSSR count). The van der Waals surface area contributed by atoms with E-state index < -0.39 is 0 Å². The van der Waals surface area contributed by atoms with E-state index in [4.69, 9.17) is 14.2 Å². The molecule has 1 saturated heterocycles. The monoisotopic (exact) mass is 242 g/mol. The summed E-state index contributed by atoms with van der Waals surface area (Å²) in [5.74, 6) is 0.153. The molecule has 0 atom stereocenters. The number of hydrogen-bond donors (Lipinski definition) is 0. The molecule has 1 saturated carbocycles. The molecule has 1 heterocycles. The Kier molecular flexibility index (Phi) is 5.26. The van der Waals surface area contributed by atoms with E-state index in [2.05, 4.69) is 0 Å². The molecule has 0 N–H and O–H groups in total. The van der Waals surface area contributed by atoms with Gasteiger partial charge in [-0.05, 0) is 19.3 Å². The van der Waals surface area contributed by atoms with Crippen LogP contribution in [-0.2, 0) is 19.0 Å². The molecule has 1 aliphatic heterocycles. The standard InChI is InChI=1S/C13H22O4/c14-13(11-5-2-1-3-6-11)17-8-4-7-12-15-9-10-16-12/h11-12H,1-10H2. The molecule has 0 aromatic heterocycles.